The van der Waals surface area contributed by atoms with Crippen molar-refractivity contribution in [3.05, 3.63) is 89.2 Å². The molecule has 0 fully saturated rings. The molecule has 29 heavy (non-hydrogen) atoms. The second-order valence-corrected chi connectivity index (χ2v) is 6.93. The number of pyridine rings is 1. The van der Waals surface area contributed by atoms with Gasteiger partial charge in [-0.25, -0.2) is 9.97 Å². The predicted octanol–water partition coefficient (Wildman–Crippen LogP) is 4.33. The van der Waals surface area contributed by atoms with E-state index in [2.05, 4.69) is 21.9 Å². The van der Waals surface area contributed by atoms with Crippen LogP contribution in [-0.2, 0) is 0 Å². The summed E-state index contributed by atoms with van der Waals surface area (Å²) in [6.07, 6.45) is 4.07. The minimum Gasteiger partial charge on any atom is -0.340 e. The number of para-hydroxylation sites is 4. The second-order valence-electron chi connectivity index (χ2n) is 6.93. The van der Waals surface area contributed by atoms with Crippen molar-refractivity contribution < 1.29 is 0 Å². The quantitative estimate of drug-likeness (QED) is 0.503. The first-order chi connectivity index (χ1) is 14.3. The van der Waals surface area contributed by atoms with Crippen LogP contribution in [0, 0.1) is 0 Å². The molecule has 6 heteroatoms. The van der Waals surface area contributed by atoms with Gasteiger partial charge in [0.1, 0.15) is 11.5 Å². The van der Waals surface area contributed by atoms with Crippen molar-refractivity contribution in [2.45, 2.75) is 19.4 Å². The lowest BCUT2D eigenvalue weighted by molar-refractivity contribution is 0.541. The van der Waals surface area contributed by atoms with E-state index in [1.165, 1.54) is 0 Å². The van der Waals surface area contributed by atoms with Gasteiger partial charge in [0.25, 0.3) is 5.56 Å². The minimum atomic E-state index is -0.238. The van der Waals surface area contributed by atoms with Crippen molar-refractivity contribution in [2.24, 2.45) is 0 Å². The summed E-state index contributed by atoms with van der Waals surface area (Å²) in [6.45, 7) is 2.06. The Hall–Kier alpha value is -3.80. The van der Waals surface area contributed by atoms with Gasteiger partial charge in [-0.2, -0.15) is 0 Å². The number of hydrogen-bond donors (Lipinski definition) is 1. The molecule has 1 unspecified atom stereocenters. The maximum absolute atomic E-state index is 13.6. The van der Waals surface area contributed by atoms with E-state index in [1.54, 1.807) is 12.4 Å². The van der Waals surface area contributed by atoms with Crippen LogP contribution in [0.5, 0.6) is 0 Å². The van der Waals surface area contributed by atoms with Gasteiger partial charge in [-0.1, -0.05) is 31.2 Å². The number of aromatic nitrogens is 5. The molecule has 1 atom stereocenters. The molecule has 0 spiro atoms. The van der Waals surface area contributed by atoms with E-state index >= 15 is 0 Å². The van der Waals surface area contributed by atoms with Gasteiger partial charge >= 0.3 is 0 Å². The molecular weight excluding hydrogens is 362 g/mol. The molecule has 3 aromatic heterocycles. The molecule has 0 saturated heterocycles. The molecule has 0 aliphatic rings. The van der Waals surface area contributed by atoms with E-state index in [1.807, 2.05) is 65.2 Å². The molecule has 0 bridgehead atoms. The first-order valence-corrected chi connectivity index (χ1v) is 9.62. The number of rotatable bonds is 4. The van der Waals surface area contributed by atoms with Crippen LogP contribution in [0.2, 0.25) is 0 Å². The third-order valence-electron chi connectivity index (χ3n) is 5.15. The fourth-order valence-corrected chi connectivity index (χ4v) is 3.78. The Balaban J connectivity index is 1.80. The van der Waals surface area contributed by atoms with E-state index in [-0.39, 0.29) is 11.6 Å². The smallest absolute Gasteiger partial charge is 0.278 e. The van der Waals surface area contributed by atoms with E-state index in [9.17, 15) is 4.79 Å². The molecule has 142 valence electrons. The summed E-state index contributed by atoms with van der Waals surface area (Å²) in [6, 6.07) is 19.0. The van der Waals surface area contributed by atoms with Crippen LogP contribution < -0.4 is 5.56 Å². The third kappa shape index (κ3) is 2.89. The molecule has 5 aromatic rings. The van der Waals surface area contributed by atoms with Crippen molar-refractivity contribution in [1.29, 1.82) is 0 Å². The zero-order valence-corrected chi connectivity index (χ0v) is 15.9. The van der Waals surface area contributed by atoms with E-state index < -0.39 is 0 Å². The fraction of sp³-hybridized carbons (Fsp3) is 0.130. The van der Waals surface area contributed by atoms with Gasteiger partial charge in [0.2, 0.25) is 0 Å². The summed E-state index contributed by atoms with van der Waals surface area (Å²) >= 11 is 0. The lowest BCUT2D eigenvalue weighted by Gasteiger charge is -2.19. The van der Waals surface area contributed by atoms with Gasteiger partial charge in [0.15, 0.2) is 0 Å². The highest BCUT2D eigenvalue weighted by molar-refractivity contribution is 5.78. The lowest BCUT2D eigenvalue weighted by atomic mass is 10.1. The number of benzene rings is 2. The van der Waals surface area contributed by atoms with Gasteiger partial charge in [0.05, 0.1) is 28.1 Å². The normalized spacial score (nSPS) is 12.4. The number of hydrogen-bond acceptors (Lipinski definition) is 4. The summed E-state index contributed by atoms with van der Waals surface area (Å²) in [5.41, 5.74) is 4.35. The number of H-pyrrole nitrogens is 1. The summed E-state index contributed by atoms with van der Waals surface area (Å²) < 4.78 is 1.81. The van der Waals surface area contributed by atoms with Crippen molar-refractivity contribution in [2.75, 3.05) is 0 Å². The number of aromatic amines is 1. The highest BCUT2D eigenvalue weighted by Crippen LogP contribution is 2.26. The average molecular weight is 381 g/mol. The van der Waals surface area contributed by atoms with Crippen LogP contribution in [0.1, 0.15) is 25.2 Å². The van der Waals surface area contributed by atoms with Gasteiger partial charge in [-0.15, -0.1) is 0 Å². The molecular formula is C23H19N5O. The van der Waals surface area contributed by atoms with E-state index in [0.717, 1.165) is 27.9 Å². The monoisotopic (exact) mass is 381 g/mol. The third-order valence-corrected chi connectivity index (χ3v) is 5.15. The average Bonchev–Trinajstić information content (AvgIpc) is 3.20. The molecule has 5 rings (SSSR count). The van der Waals surface area contributed by atoms with Crippen molar-refractivity contribution in [3.63, 3.8) is 0 Å². The molecule has 0 radical (unpaired) electrons. The summed E-state index contributed by atoms with van der Waals surface area (Å²) in [4.78, 5) is 30.6. The first kappa shape index (κ1) is 17.3. The largest absolute Gasteiger partial charge is 0.340 e. The van der Waals surface area contributed by atoms with Crippen molar-refractivity contribution >= 4 is 22.1 Å². The van der Waals surface area contributed by atoms with Crippen LogP contribution in [0.25, 0.3) is 33.3 Å². The molecule has 0 amide bonds. The molecule has 6 nitrogen and oxygen atoms in total. The highest BCUT2D eigenvalue weighted by Gasteiger charge is 2.22. The van der Waals surface area contributed by atoms with Crippen LogP contribution in [0.3, 0.4) is 0 Å². The van der Waals surface area contributed by atoms with Crippen molar-refractivity contribution in [1.82, 2.24) is 24.5 Å². The van der Waals surface area contributed by atoms with E-state index in [0.29, 0.717) is 17.7 Å². The zero-order valence-electron chi connectivity index (χ0n) is 15.9. The predicted molar refractivity (Wildman–Crippen MR) is 114 cm³/mol. The van der Waals surface area contributed by atoms with Crippen LogP contribution in [-0.4, -0.2) is 24.5 Å². The molecule has 2 aromatic carbocycles. The fourth-order valence-electron chi connectivity index (χ4n) is 3.78. The maximum Gasteiger partial charge on any atom is 0.278 e. The van der Waals surface area contributed by atoms with Crippen LogP contribution in [0.15, 0.2) is 77.9 Å². The van der Waals surface area contributed by atoms with Gasteiger partial charge in [0, 0.05) is 18.0 Å². The number of nitrogens with zero attached hydrogens (tertiary/aromatic N) is 4. The number of imidazole rings is 1. The minimum absolute atomic E-state index is 0.149. The Bertz CT molecular complexity index is 1340. The Labute approximate surface area is 166 Å². The lowest BCUT2D eigenvalue weighted by Crippen LogP contribution is -2.28. The van der Waals surface area contributed by atoms with Gasteiger partial charge < -0.3 is 4.98 Å². The molecule has 0 aliphatic carbocycles. The molecule has 3 heterocycles. The summed E-state index contributed by atoms with van der Waals surface area (Å²) in [5, 5.41) is 0. The van der Waals surface area contributed by atoms with Gasteiger partial charge in [-0.05, 0) is 42.8 Å². The van der Waals surface area contributed by atoms with Gasteiger partial charge in [-0.3, -0.25) is 14.3 Å². The van der Waals surface area contributed by atoms with E-state index in [4.69, 9.17) is 4.98 Å². The maximum atomic E-state index is 13.6. The zero-order chi connectivity index (χ0) is 19.8. The number of fused-ring (bicyclic) bond motifs is 2. The Morgan fingerprint density at radius 2 is 1.76 bits per heavy atom. The standard InChI is InChI=1S/C23H19N5O/c1-2-19(22-26-16-9-3-4-10-17(16)27-22)28-20-12-6-5-11-18(20)25-21(23(28)29)15-8-7-13-24-14-15/h3-14,19H,2H2,1H3,(H,26,27). The SMILES string of the molecule is CCC(c1nc2ccccc2[nH]1)n1c(=O)c(-c2cccnc2)nc2ccccc21. The number of nitrogens with one attached hydrogen (secondary N) is 1. The molecule has 0 saturated carbocycles. The Kier molecular flexibility index (Phi) is 4.17. The van der Waals surface area contributed by atoms with Crippen LogP contribution in [0.4, 0.5) is 0 Å². The molecule has 1 N–H and O–H groups in total. The highest BCUT2D eigenvalue weighted by atomic mass is 16.1. The summed E-state index contributed by atoms with van der Waals surface area (Å²) in [5.74, 6) is 0.768. The first-order valence-electron chi connectivity index (χ1n) is 9.62. The molecule has 0 aliphatic heterocycles. The summed E-state index contributed by atoms with van der Waals surface area (Å²) in [7, 11) is 0. The van der Waals surface area contributed by atoms with Crippen molar-refractivity contribution in [3.8, 4) is 11.3 Å². The Morgan fingerprint density at radius 3 is 2.52 bits per heavy atom. The topological polar surface area (TPSA) is 76.5 Å². The van der Waals surface area contributed by atoms with Crippen LogP contribution >= 0.6 is 0 Å². The Morgan fingerprint density at radius 1 is 0.966 bits per heavy atom. The second kappa shape index (κ2) is 6.98.